The average molecular weight is 692 g/mol. The van der Waals surface area contributed by atoms with Gasteiger partial charge in [0.1, 0.15) is 11.4 Å². The number of allylic oxidation sites excluding steroid dienone is 1. The van der Waals surface area contributed by atoms with Crippen LogP contribution in [0.25, 0.3) is 0 Å². The number of carbonyl (C=O) groups excluding carboxylic acids is 2. The fourth-order valence-electron chi connectivity index (χ4n) is 5.19. The standard InChI is InChI=1S/C36H39F6N3O4/c1-7-8-29(23-9-11-25(12-10-23)33(47)49-34(4,5)6)31(24-13-15-28(16-14-24)48-36(40,41)42)45-32(46)26-17-21(2)30(22(3)18-26)44-20-27(19-43)35(37,38)39/h9-20,29,31H,7-8,43H2,1-6H3,(H,45,46). The summed E-state index contributed by atoms with van der Waals surface area (Å²) in [6.07, 6.45) is -7.36. The third-order valence-electron chi connectivity index (χ3n) is 7.33. The van der Waals surface area contributed by atoms with Crippen molar-refractivity contribution in [2.45, 2.75) is 84.5 Å². The number of nitrogens with zero attached hydrogens (tertiary/aromatic N) is 1. The van der Waals surface area contributed by atoms with Gasteiger partial charge in [-0.15, -0.1) is 13.2 Å². The molecule has 3 rings (SSSR count). The number of esters is 1. The molecule has 0 saturated carbocycles. The molecule has 3 aromatic carbocycles. The number of carbonyl (C=O) groups is 2. The van der Waals surface area contributed by atoms with Crippen LogP contribution in [0.1, 0.15) is 95.5 Å². The smallest absolute Gasteiger partial charge is 0.456 e. The fourth-order valence-corrected chi connectivity index (χ4v) is 5.19. The largest absolute Gasteiger partial charge is 0.573 e. The topological polar surface area (TPSA) is 103 Å². The van der Waals surface area contributed by atoms with E-state index in [1.54, 1.807) is 58.9 Å². The lowest BCUT2D eigenvalue weighted by atomic mass is 9.83. The van der Waals surface area contributed by atoms with Gasteiger partial charge in [-0.1, -0.05) is 37.6 Å². The molecule has 2 unspecified atom stereocenters. The number of hydrogen-bond acceptors (Lipinski definition) is 6. The van der Waals surface area contributed by atoms with Crippen molar-refractivity contribution >= 4 is 23.8 Å². The zero-order chi connectivity index (χ0) is 36.7. The van der Waals surface area contributed by atoms with Crippen LogP contribution >= 0.6 is 0 Å². The third-order valence-corrected chi connectivity index (χ3v) is 7.33. The van der Waals surface area contributed by atoms with Gasteiger partial charge < -0.3 is 20.5 Å². The highest BCUT2D eigenvalue weighted by Crippen LogP contribution is 2.37. The zero-order valence-corrected chi connectivity index (χ0v) is 27.9. The molecule has 49 heavy (non-hydrogen) atoms. The highest BCUT2D eigenvalue weighted by atomic mass is 19.4. The van der Waals surface area contributed by atoms with Crippen molar-refractivity contribution in [3.63, 3.8) is 0 Å². The summed E-state index contributed by atoms with van der Waals surface area (Å²) in [4.78, 5) is 30.4. The Labute approximate surface area is 281 Å². The van der Waals surface area contributed by atoms with Crippen molar-refractivity contribution in [2.75, 3.05) is 0 Å². The summed E-state index contributed by atoms with van der Waals surface area (Å²) in [5, 5.41) is 3.02. The molecule has 1 amide bonds. The first-order chi connectivity index (χ1) is 22.7. The number of amides is 1. The number of nitrogens with one attached hydrogen (secondary N) is 1. The maximum Gasteiger partial charge on any atom is 0.573 e. The van der Waals surface area contributed by atoms with Crippen LogP contribution in [0.5, 0.6) is 5.75 Å². The maximum atomic E-state index is 13.8. The Bertz CT molecular complexity index is 1650. The summed E-state index contributed by atoms with van der Waals surface area (Å²) >= 11 is 0. The molecule has 0 spiro atoms. The van der Waals surface area contributed by atoms with Crippen molar-refractivity contribution in [3.05, 3.63) is 106 Å². The molecule has 0 aromatic heterocycles. The van der Waals surface area contributed by atoms with Gasteiger partial charge in [0.2, 0.25) is 0 Å². The first kappa shape index (κ1) is 38.6. The molecule has 0 heterocycles. The van der Waals surface area contributed by atoms with Gasteiger partial charge in [-0.25, -0.2) is 4.79 Å². The van der Waals surface area contributed by atoms with E-state index in [0.29, 0.717) is 47.5 Å². The molecule has 3 N–H and O–H groups in total. The van der Waals surface area contributed by atoms with Crippen LogP contribution in [0.2, 0.25) is 0 Å². The van der Waals surface area contributed by atoms with Crippen LogP contribution in [0, 0.1) is 13.8 Å². The third kappa shape index (κ3) is 11.1. The van der Waals surface area contributed by atoms with Crippen molar-refractivity contribution in [2.24, 2.45) is 10.7 Å². The number of nitrogens with two attached hydrogens (primary N) is 1. The number of ether oxygens (including phenoxy) is 2. The molecule has 264 valence electrons. The van der Waals surface area contributed by atoms with Gasteiger partial charge in [0, 0.05) is 23.9 Å². The van der Waals surface area contributed by atoms with E-state index in [1.165, 1.54) is 24.3 Å². The van der Waals surface area contributed by atoms with E-state index in [4.69, 9.17) is 10.5 Å². The number of benzene rings is 3. The van der Waals surface area contributed by atoms with Crippen LogP contribution in [0.3, 0.4) is 0 Å². The molecule has 0 fully saturated rings. The van der Waals surface area contributed by atoms with E-state index in [-0.39, 0.29) is 11.3 Å². The van der Waals surface area contributed by atoms with Gasteiger partial charge >= 0.3 is 18.5 Å². The molecule has 0 aliphatic rings. The van der Waals surface area contributed by atoms with Crippen molar-refractivity contribution in [3.8, 4) is 5.75 Å². The highest BCUT2D eigenvalue weighted by Gasteiger charge is 2.33. The van der Waals surface area contributed by atoms with Gasteiger partial charge in [-0.3, -0.25) is 9.79 Å². The summed E-state index contributed by atoms with van der Waals surface area (Å²) in [7, 11) is 0. The second-order valence-corrected chi connectivity index (χ2v) is 12.4. The first-order valence-corrected chi connectivity index (χ1v) is 15.4. The summed E-state index contributed by atoms with van der Waals surface area (Å²) in [5.74, 6) is -1.88. The summed E-state index contributed by atoms with van der Waals surface area (Å²) in [6.45, 7) is 10.4. The monoisotopic (exact) mass is 691 g/mol. The van der Waals surface area contributed by atoms with Gasteiger partial charge in [0.05, 0.1) is 22.9 Å². The van der Waals surface area contributed by atoms with Crippen LogP contribution < -0.4 is 15.8 Å². The van der Waals surface area contributed by atoms with Crippen LogP contribution in [-0.4, -0.2) is 36.2 Å². The molecule has 0 bridgehead atoms. The molecule has 13 heteroatoms. The minimum absolute atomic E-state index is 0.192. The Morgan fingerprint density at radius 2 is 1.43 bits per heavy atom. The number of alkyl halides is 6. The lowest BCUT2D eigenvalue weighted by Crippen LogP contribution is -2.33. The van der Waals surface area contributed by atoms with Crippen LogP contribution in [0.15, 0.2) is 77.4 Å². The molecule has 2 atom stereocenters. The van der Waals surface area contributed by atoms with Crippen molar-refractivity contribution in [1.82, 2.24) is 5.32 Å². The summed E-state index contributed by atoms with van der Waals surface area (Å²) in [5.41, 5.74) is 6.11. The minimum atomic E-state index is -4.89. The summed E-state index contributed by atoms with van der Waals surface area (Å²) in [6, 6.07) is 14.1. The number of aliphatic imine (C=N–C) groups is 1. The van der Waals surface area contributed by atoms with Crippen molar-refractivity contribution < 1.29 is 45.4 Å². The molecule has 7 nitrogen and oxygen atoms in total. The first-order valence-electron chi connectivity index (χ1n) is 15.4. The predicted octanol–water partition coefficient (Wildman–Crippen LogP) is 9.32. The Morgan fingerprint density at radius 3 is 1.90 bits per heavy atom. The summed E-state index contributed by atoms with van der Waals surface area (Å²) < 4.78 is 87.5. The number of aryl methyl sites for hydroxylation is 2. The molecule has 0 aliphatic carbocycles. The van der Waals surface area contributed by atoms with Gasteiger partial charge in [-0.05, 0) is 99.7 Å². The van der Waals surface area contributed by atoms with E-state index in [1.807, 2.05) is 6.92 Å². The van der Waals surface area contributed by atoms with Gasteiger partial charge in [0.15, 0.2) is 0 Å². The lowest BCUT2D eigenvalue weighted by Gasteiger charge is -2.29. The molecule has 3 aromatic rings. The van der Waals surface area contributed by atoms with E-state index in [0.717, 1.165) is 17.7 Å². The molecule has 0 aliphatic heterocycles. The minimum Gasteiger partial charge on any atom is -0.456 e. The average Bonchev–Trinajstić information content (AvgIpc) is 2.98. The normalized spacial score (nSPS) is 14.0. The predicted molar refractivity (Wildman–Crippen MR) is 175 cm³/mol. The van der Waals surface area contributed by atoms with E-state index < -0.39 is 53.3 Å². The number of halogens is 6. The molecule has 0 saturated heterocycles. The fraction of sp³-hybridized carbons (Fsp3) is 0.361. The van der Waals surface area contributed by atoms with Gasteiger partial charge in [-0.2, -0.15) is 13.2 Å². The number of rotatable bonds is 11. The maximum absolute atomic E-state index is 13.8. The second-order valence-electron chi connectivity index (χ2n) is 12.4. The van der Waals surface area contributed by atoms with Gasteiger partial charge in [0.25, 0.3) is 5.91 Å². The van der Waals surface area contributed by atoms with E-state index >= 15 is 0 Å². The van der Waals surface area contributed by atoms with Crippen LogP contribution in [-0.2, 0) is 4.74 Å². The van der Waals surface area contributed by atoms with Crippen LogP contribution in [0.4, 0.5) is 32.0 Å². The Hall–Kier alpha value is -4.81. The van der Waals surface area contributed by atoms with Crippen molar-refractivity contribution in [1.29, 1.82) is 0 Å². The quantitative estimate of drug-likeness (QED) is 0.119. The SMILES string of the molecule is CCCC(c1ccc(C(=O)OC(C)(C)C)cc1)C(NC(=O)c1cc(C)c(N=CC(=CN)C(F)(F)F)c(C)c1)c1ccc(OC(F)(F)F)cc1. The Morgan fingerprint density at radius 1 is 0.878 bits per heavy atom. The number of hydrogen-bond donors (Lipinski definition) is 2. The zero-order valence-electron chi connectivity index (χ0n) is 27.9. The van der Waals surface area contributed by atoms with E-state index in [2.05, 4.69) is 15.0 Å². The molecular weight excluding hydrogens is 652 g/mol. The Balaban J connectivity index is 2.03. The van der Waals surface area contributed by atoms with E-state index in [9.17, 15) is 35.9 Å². The lowest BCUT2D eigenvalue weighted by molar-refractivity contribution is -0.274. The Kier molecular flexibility index (Phi) is 12.3. The molecule has 0 radical (unpaired) electrons. The highest BCUT2D eigenvalue weighted by molar-refractivity contribution is 5.96. The second kappa shape index (κ2) is 15.6. The molecular formula is C36H39F6N3O4.